The summed E-state index contributed by atoms with van der Waals surface area (Å²) in [4.78, 5) is 20.6. The second-order valence-corrected chi connectivity index (χ2v) is 6.07. The first kappa shape index (κ1) is 18.4. The van der Waals surface area contributed by atoms with E-state index < -0.39 is 5.97 Å². The van der Waals surface area contributed by atoms with E-state index in [0.29, 0.717) is 40.1 Å². The Bertz CT molecular complexity index is 1060. The third-order valence-electron chi connectivity index (χ3n) is 4.19. The molecule has 1 aliphatic heterocycles. The number of nitrogens with one attached hydrogen (secondary N) is 2. The van der Waals surface area contributed by atoms with Crippen molar-refractivity contribution in [3.63, 3.8) is 0 Å². The van der Waals surface area contributed by atoms with E-state index in [1.54, 1.807) is 43.3 Å². The third-order valence-corrected chi connectivity index (χ3v) is 4.19. The van der Waals surface area contributed by atoms with Crippen LogP contribution in [-0.4, -0.2) is 29.3 Å². The summed E-state index contributed by atoms with van der Waals surface area (Å²) in [5.41, 5.74) is 8.20. The molecule has 0 atom stereocenters. The predicted octanol–water partition coefficient (Wildman–Crippen LogP) is 3.45. The van der Waals surface area contributed by atoms with Crippen LogP contribution >= 0.6 is 0 Å². The zero-order chi connectivity index (χ0) is 20.2. The molecule has 0 fully saturated rings. The number of hydrogen-bond acceptors (Lipinski definition) is 9. The molecule has 4 rings (SSSR count). The molecule has 0 bridgehead atoms. The van der Waals surface area contributed by atoms with Gasteiger partial charge >= 0.3 is 5.97 Å². The number of rotatable bonds is 6. The maximum absolute atomic E-state index is 12.2. The second kappa shape index (κ2) is 7.93. The Morgan fingerprint density at radius 2 is 1.86 bits per heavy atom. The van der Waals surface area contributed by atoms with Crippen molar-refractivity contribution in [2.45, 2.75) is 6.92 Å². The normalized spacial score (nSPS) is 11.8. The zero-order valence-corrected chi connectivity index (χ0v) is 15.6. The van der Waals surface area contributed by atoms with Gasteiger partial charge in [0.25, 0.3) is 0 Å². The Hall–Kier alpha value is -4.01. The van der Waals surface area contributed by atoms with Gasteiger partial charge in [-0.05, 0) is 31.2 Å². The summed E-state index contributed by atoms with van der Waals surface area (Å²) in [6, 6.07) is 12.4. The van der Waals surface area contributed by atoms with E-state index >= 15 is 0 Å². The Labute approximate surface area is 166 Å². The molecule has 9 heteroatoms. The second-order valence-electron chi connectivity index (χ2n) is 6.07. The number of carbonyl (C=O) groups excluding carboxylic acids is 1. The van der Waals surface area contributed by atoms with Crippen LogP contribution in [0.25, 0.3) is 0 Å². The Morgan fingerprint density at radius 1 is 1.10 bits per heavy atom. The fourth-order valence-corrected chi connectivity index (χ4v) is 2.81. The molecule has 2 aromatic carbocycles. The van der Waals surface area contributed by atoms with Crippen LogP contribution < -0.4 is 25.8 Å². The van der Waals surface area contributed by atoms with E-state index in [9.17, 15) is 4.79 Å². The lowest BCUT2D eigenvalue weighted by Crippen LogP contribution is -2.10. The van der Waals surface area contributed by atoms with Crippen LogP contribution in [0.1, 0.15) is 17.3 Å². The fourth-order valence-electron chi connectivity index (χ4n) is 2.81. The molecule has 0 aliphatic carbocycles. The first-order valence-corrected chi connectivity index (χ1v) is 8.96. The number of carbonyl (C=O) groups is 1. The molecule has 1 aliphatic rings. The number of fused-ring (bicyclic) bond motifs is 1. The molecule has 3 aromatic rings. The molecule has 4 N–H and O–H groups in total. The molecule has 0 saturated carbocycles. The number of nitrogens with zero attached hydrogens (tertiary/aromatic N) is 2. The quantitative estimate of drug-likeness (QED) is 0.541. The van der Waals surface area contributed by atoms with Crippen LogP contribution in [0, 0.1) is 0 Å². The molecule has 9 nitrogen and oxygen atoms in total. The number of aromatic nitrogens is 2. The summed E-state index contributed by atoms with van der Waals surface area (Å²) in [5.74, 6) is 1.67. The standard InChI is InChI=1S/C20H19N5O4/c1-2-27-20(26)13-5-3-4-6-14(13)25-19-17(21)18(22-10-23-19)24-12-7-8-15-16(9-12)29-11-28-15/h3-10H,2,11,21H2,1H3,(H2,22,23,24,25). The number of hydrogen-bond donors (Lipinski definition) is 3. The highest BCUT2D eigenvalue weighted by atomic mass is 16.7. The topological polar surface area (TPSA) is 121 Å². The first-order valence-electron chi connectivity index (χ1n) is 8.96. The smallest absolute Gasteiger partial charge is 0.340 e. The fraction of sp³-hybridized carbons (Fsp3) is 0.150. The Morgan fingerprint density at radius 3 is 2.69 bits per heavy atom. The average Bonchev–Trinajstić information content (AvgIpc) is 3.19. The van der Waals surface area contributed by atoms with E-state index in [1.807, 2.05) is 6.07 Å². The molecule has 0 unspecified atom stereocenters. The molecule has 0 spiro atoms. The van der Waals surface area contributed by atoms with E-state index in [1.165, 1.54) is 6.33 Å². The van der Waals surface area contributed by atoms with Gasteiger partial charge in [-0.15, -0.1) is 0 Å². The average molecular weight is 393 g/mol. The molecule has 2 heterocycles. The molecule has 1 aromatic heterocycles. The molecular formula is C20H19N5O4. The van der Waals surface area contributed by atoms with Crippen molar-refractivity contribution in [2.24, 2.45) is 0 Å². The highest BCUT2D eigenvalue weighted by Crippen LogP contribution is 2.36. The van der Waals surface area contributed by atoms with Crippen LogP contribution in [0.2, 0.25) is 0 Å². The minimum absolute atomic E-state index is 0.197. The number of nitrogen functional groups attached to an aromatic ring is 1. The van der Waals surface area contributed by atoms with Gasteiger partial charge in [-0.3, -0.25) is 0 Å². The van der Waals surface area contributed by atoms with Gasteiger partial charge in [0.1, 0.15) is 12.0 Å². The van der Waals surface area contributed by atoms with E-state index in [4.69, 9.17) is 19.9 Å². The number of nitrogens with two attached hydrogens (primary N) is 1. The van der Waals surface area contributed by atoms with E-state index in [0.717, 1.165) is 5.69 Å². The number of benzene rings is 2. The van der Waals surface area contributed by atoms with Crippen LogP contribution in [-0.2, 0) is 4.74 Å². The summed E-state index contributed by atoms with van der Waals surface area (Å²) in [5, 5.41) is 6.23. The van der Waals surface area contributed by atoms with Crippen LogP contribution in [0.15, 0.2) is 48.8 Å². The van der Waals surface area contributed by atoms with Crippen molar-refractivity contribution in [2.75, 3.05) is 29.8 Å². The van der Waals surface area contributed by atoms with Gasteiger partial charge in [-0.1, -0.05) is 12.1 Å². The molecule has 0 amide bonds. The van der Waals surface area contributed by atoms with E-state index in [-0.39, 0.29) is 13.4 Å². The summed E-state index contributed by atoms with van der Waals surface area (Å²) >= 11 is 0. The van der Waals surface area contributed by atoms with Crippen molar-refractivity contribution >= 4 is 34.7 Å². The van der Waals surface area contributed by atoms with Gasteiger partial charge in [0.2, 0.25) is 6.79 Å². The zero-order valence-electron chi connectivity index (χ0n) is 15.6. The van der Waals surface area contributed by atoms with Gasteiger partial charge in [0, 0.05) is 11.8 Å². The number of anilines is 5. The minimum atomic E-state index is -0.429. The monoisotopic (exact) mass is 393 g/mol. The summed E-state index contributed by atoms with van der Waals surface area (Å²) in [6.07, 6.45) is 1.38. The number of para-hydroxylation sites is 1. The van der Waals surface area contributed by atoms with Crippen LogP contribution in [0.4, 0.5) is 28.7 Å². The summed E-state index contributed by atoms with van der Waals surface area (Å²) in [7, 11) is 0. The summed E-state index contributed by atoms with van der Waals surface area (Å²) in [6.45, 7) is 2.24. The molecule has 29 heavy (non-hydrogen) atoms. The maximum atomic E-state index is 12.2. The lowest BCUT2D eigenvalue weighted by Gasteiger charge is -2.14. The molecular weight excluding hydrogens is 374 g/mol. The van der Waals surface area contributed by atoms with Gasteiger partial charge in [0.15, 0.2) is 23.1 Å². The Kier molecular flexibility index (Phi) is 5.02. The van der Waals surface area contributed by atoms with Crippen molar-refractivity contribution in [1.29, 1.82) is 0 Å². The SMILES string of the molecule is CCOC(=O)c1ccccc1Nc1ncnc(Nc2ccc3c(c2)OCO3)c1N. The third kappa shape index (κ3) is 3.84. The van der Waals surface area contributed by atoms with Crippen molar-refractivity contribution in [3.8, 4) is 11.5 Å². The van der Waals surface area contributed by atoms with Gasteiger partial charge in [0.05, 0.1) is 17.9 Å². The van der Waals surface area contributed by atoms with Crippen molar-refractivity contribution in [1.82, 2.24) is 9.97 Å². The maximum Gasteiger partial charge on any atom is 0.340 e. The Balaban J connectivity index is 1.59. The minimum Gasteiger partial charge on any atom is -0.462 e. The molecule has 0 radical (unpaired) electrons. The predicted molar refractivity (Wildman–Crippen MR) is 108 cm³/mol. The van der Waals surface area contributed by atoms with Crippen LogP contribution in [0.3, 0.4) is 0 Å². The van der Waals surface area contributed by atoms with Gasteiger partial charge in [-0.2, -0.15) is 0 Å². The highest BCUT2D eigenvalue weighted by Gasteiger charge is 2.16. The molecule has 148 valence electrons. The van der Waals surface area contributed by atoms with E-state index in [2.05, 4.69) is 20.6 Å². The largest absolute Gasteiger partial charge is 0.462 e. The molecule has 0 saturated heterocycles. The van der Waals surface area contributed by atoms with Crippen molar-refractivity contribution < 1.29 is 19.0 Å². The first-order chi connectivity index (χ1) is 14.2. The highest BCUT2D eigenvalue weighted by molar-refractivity contribution is 5.97. The van der Waals surface area contributed by atoms with Crippen molar-refractivity contribution in [3.05, 3.63) is 54.4 Å². The number of ether oxygens (including phenoxy) is 3. The van der Waals surface area contributed by atoms with Gasteiger partial charge in [-0.25, -0.2) is 14.8 Å². The summed E-state index contributed by atoms with van der Waals surface area (Å²) < 4.78 is 15.8. The number of esters is 1. The van der Waals surface area contributed by atoms with Crippen LogP contribution in [0.5, 0.6) is 11.5 Å². The lowest BCUT2D eigenvalue weighted by molar-refractivity contribution is 0.0527. The lowest BCUT2D eigenvalue weighted by atomic mass is 10.2. The van der Waals surface area contributed by atoms with Gasteiger partial charge < -0.3 is 30.6 Å².